The Morgan fingerprint density at radius 3 is 3.29 bits per heavy atom. The van der Waals surface area contributed by atoms with Gasteiger partial charge in [-0.05, 0) is 25.1 Å². The highest BCUT2D eigenvalue weighted by atomic mass is 16.5. The van der Waals surface area contributed by atoms with Crippen molar-refractivity contribution in [2.24, 2.45) is 13.0 Å². The Kier molecular flexibility index (Phi) is 2.68. The number of rotatable bonds is 3. The van der Waals surface area contributed by atoms with Crippen LogP contribution in [0.3, 0.4) is 0 Å². The van der Waals surface area contributed by atoms with Gasteiger partial charge < -0.3 is 10.1 Å². The highest BCUT2D eigenvalue weighted by Crippen LogP contribution is 2.19. The van der Waals surface area contributed by atoms with E-state index in [9.17, 15) is 0 Å². The lowest BCUT2D eigenvalue weighted by molar-refractivity contribution is 0.260. The maximum atomic E-state index is 5.79. The average Bonchev–Trinajstić information content (AvgIpc) is 2.97. The highest BCUT2D eigenvalue weighted by Gasteiger charge is 2.15. The van der Waals surface area contributed by atoms with E-state index >= 15 is 0 Å². The minimum absolute atomic E-state index is 0.632. The molecule has 0 spiro atoms. The van der Waals surface area contributed by atoms with Crippen molar-refractivity contribution < 1.29 is 4.74 Å². The molecule has 0 bridgehead atoms. The van der Waals surface area contributed by atoms with Gasteiger partial charge in [0.15, 0.2) is 0 Å². The molecule has 1 N–H and O–H groups in total. The van der Waals surface area contributed by atoms with Crippen molar-refractivity contribution in [3.8, 4) is 5.75 Å². The molecule has 5 nitrogen and oxygen atoms in total. The van der Waals surface area contributed by atoms with Gasteiger partial charge in [0.25, 0.3) is 0 Å². The molecule has 1 atom stereocenters. The van der Waals surface area contributed by atoms with E-state index in [0.717, 1.165) is 36.5 Å². The van der Waals surface area contributed by atoms with Gasteiger partial charge in [0.1, 0.15) is 11.3 Å². The Hall–Kier alpha value is -1.62. The van der Waals surface area contributed by atoms with Crippen LogP contribution in [0.1, 0.15) is 6.42 Å². The summed E-state index contributed by atoms with van der Waals surface area (Å²) in [4.78, 5) is 0. The van der Waals surface area contributed by atoms with Gasteiger partial charge in [0, 0.05) is 25.6 Å². The molecule has 1 unspecified atom stereocenters. The van der Waals surface area contributed by atoms with Crippen molar-refractivity contribution >= 4 is 11.0 Å². The quantitative estimate of drug-likeness (QED) is 0.856. The topological polar surface area (TPSA) is 52.0 Å². The first-order chi connectivity index (χ1) is 8.33. The molecule has 3 rings (SSSR count). The zero-order valence-electron chi connectivity index (χ0n) is 9.89. The van der Waals surface area contributed by atoms with Gasteiger partial charge in [0.05, 0.1) is 12.1 Å². The second kappa shape index (κ2) is 4.33. The van der Waals surface area contributed by atoms with Gasteiger partial charge in [-0.1, -0.05) is 5.21 Å². The third-order valence-electron chi connectivity index (χ3n) is 3.23. The fourth-order valence-corrected chi connectivity index (χ4v) is 2.18. The predicted octanol–water partition coefficient (Wildman–Crippen LogP) is 0.957. The fourth-order valence-electron chi connectivity index (χ4n) is 2.18. The lowest BCUT2D eigenvalue weighted by Crippen LogP contribution is -2.15. The second-order valence-electron chi connectivity index (χ2n) is 4.53. The van der Waals surface area contributed by atoms with Gasteiger partial charge in [-0.15, -0.1) is 5.10 Å². The molecular weight excluding hydrogens is 216 g/mol. The average molecular weight is 232 g/mol. The summed E-state index contributed by atoms with van der Waals surface area (Å²) >= 11 is 0. The van der Waals surface area contributed by atoms with Gasteiger partial charge in [-0.3, -0.25) is 0 Å². The van der Waals surface area contributed by atoms with E-state index in [2.05, 4.69) is 15.6 Å². The van der Waals surface area contributed by atoms with Crippen molar-refractivity contribution in [1.29, 1.82) is 0 Å². The standard InChI is InChI=1S/C12H16N4O/c1-16-12-3-2-10(6-11(12)14-15-16)17-8-9-4-5-13-7-9/h2-3,6,9,13H,4-5,7-8H2,1H3. The molecule has 1 aromatic heterocycles. The molecule has 1 saturated heterocycles. The molecule has 90 valence electrons. The molecule has 1 aliphatic heterocycles. The minimum atomic E-state index is 0.632. The number of ether oxygens (including phenoxy) is 1. The van der Waals surface area contributed by atoms with Crippen LogP contribution < -0.4 is 10.1 Å². The number of nitrogens with one attached hydrogen (secondary N) is 1. The van der Waals surface area contributed by atoms with Crippen LogP contribution in [0.2, 0.25) is 0 Å². The van der Waals surface area contributed by atoms with Crippen molar-refractivity contribution in [2.75, 3.05) is 19.7 Å². The van der Waals surface area contributed by atoms with Crippen LogP contribution in [0.4, 0.5) is 0 Å². The molecule has 0 saturated carbocycles. The summed E-state index contributed by atoms with van der Waals surface area (Å²) in [6, 6.07) is 5.93. The third kappa shape index (κ3) is 2.10. The molecule has 2 aromatic rings. The number of hydrogen-bond donors (Lipinski definition) is 1. The van der Waals surface area contributed by atoms with Crippen molar-refractivity contribution in [1.82, 2.24) is 20.3 Å². The molecule has 0 radical (unpaired) electrons. The maximum Gasteiger partial charge on any atom is 0.121 e. The number of aromatic nitrogens is 3. The van der Waals surface area contributed by atoms with E-state index in [-0.39, 0.29) is 0 Å². The molecule has 1 fully saturated rings. The van der Waals surface area contributed by atoms with E-state index in [1.165, 1.54) is 6.42 Å². The predicted molar refractivity (Wildman–Crippen MR) is 65.0 cm³/mol. The van der Waals surface area contributed by atoms with Gasteiger partial charge in [-0.2, -0.15) is 0 Å². The van der Waals surface area contributed by atoms with Gasteiger partial charge in [0.2, 0.25) is 0 Å². The monoisotopic (exact) mass is 232 g/mol. The second-order valence-corrected chi connectivity index (χ2v) is 4.53. The molecule has 5 heteroatoms. The van der Waals surface area contributed by atoms with Crippen LogP contribution >= 0.6 is 0 Å². The molecular formula is C12H16N4O. The Morgan fingerprint density at radius 2 is 2.47 bits per heavy atom. The molecule has 1 aromatic carbocycles. The number of nitrogens with zero attached hydrogens (tertiary/aromatic N) is 3. The zero-order valence-corrected chi connectivity index (χ0v) is 9.89. The van der Waals surface area contributed by atoms with E-state index in [1.807, 2.05) is 25.2 Å². The molecule has 0 aliphatic carbocycles. The van der Waals surface area contributed by atoms with Crippen LogP contribution in [0.5, 0.6) is 5.75 Å². The summed E-state index contributed by atoms with van der Waals surface area (Å²) in [6.45, 7) is 2.95. The number of fused-ring (bicyclic) bond motifs is 1. The fraction of sp³-hybridized carbons (Fsp3) is 0.500. The number of aryl methyl sites for hydroxylation is 1. The Labute approximate surface area is 99.8 Å². The van der Waals surface area contributed by atoms with E-state index < -0.39 is 0 Å². The molecule has 17 heavy (non-hydrogen) atoms. The largest absolute Gasteiger partial charge is 0.493 e. The maximum absolute atomic E-state index is 5.79. The smallest absolute Gasteiger partial charge is 0.121 e. The summed E-state index contributed by atoms with van der Waals surface area (Å²) in [6.07, 6.45) is 1.20. The SMILES string of the molecule is Cn1nnc2cc(OCC3CCNC3)ccc21. The summed E-state index contributed by atoms with van der Waals surface area (Å²) in [5, 5.41) is 11.4. The Balaban J connectivity index is 1.72. The lowest BCUT2D eigenvalue weighted by Gasteiger charge is -2.10. The minimum Gasteiger partial charge on any atom is -0.493 e. The summed E-state index contributed by atoms with van der Waals surface area (Å²) in [5.74, 6) is 1.51. The van der Waals surface area contributed by atoms with E-state index in [0.29, 0.717) is 5.92 Å². The van der Waals surface area contributed by atoms with E-state index in [1.54, 1.807) is 4.68 Å². The Morgan fingerprint density at radius 1 is 1.53 bits per heavy atom. The van der Waals surface area contributed by atoms with Crippen molar-refractivity contribution in [2.45, 2.75) is 6.42 Å². The van der Waals surface area contributed by atoms with E-state index in [4.69, 9.17) is 4.74 Å². The first-order valence-electron chi connectivity index (χ1n) is 5.96. The van der Waals surface area contributed by atoms with Crippen molar-refractivity contribution in [3.05, 3.63) is 18.2 Å². The van der Waals surface area contributed by atoms with Crippen LogP contribution in [0.15, 0.2) is 18.2 Å². The zero-order chi connectivity index (χ0) is 11.7. The highest BCUT2D eigenvalue weighted by molar-refractivity contribution is 5.75. The van der Waals surface area contributed by atoms with Crippen LogP contribution in [0, 0.1) is 5.92 Å². The van der Waals surface area contributed by atoms with Gasteiger partial charge >= 0.3 is 0 Å². The van der Waals surface area contributed by atoms with Crippen molar-refractivity contribution in [3.63, 3.8) is 0 Å². The first-order valence-corrected chi connectivity index (χ1v) is 5.96. The normalized spacial score (nSPS) is 19.9. The van der Waals surface area contributed by atoms with Crippen LogP contribution in [-0.2, 0) is 7.05 Å². The summed E-state index contributed by atoms with van der Waals surface area (Å²) < 4.78 is 7.55. The molecule has 2 heterocycles. The number of benzene rings is 1. The van der Waals surface area contributed by atoms with Crippen LogP contribution in [-0.4, -0.2) is 34.7 Å². The Bertz CT molecular complexity index is 516. The van der Waals surface area contributed by atoms with Crippen LogP contribution in [0.25, 0.3) is 11.0 Å². The lowest BCUT2D eigenvalue weighted by atomic mass is 10.1. The summed E-state index contributed by atoms with van der Waals surface area (Å²) in [5.41, 5.74) is 1.91. The summed E-state index contributed by atoms with van der Waals surface area (Å²) in [7, 11) is 1.89. The molecule has 0 amide bonds. The van der Waals surface area contributed by atoms with Gasteiger partial charge in [-0.25, -0.2) is 4.68 Å². The molecule has 1 aliphatic rings. The number of hydrogen-bond acceptors (Lipinski definition) is 4. The first kappa shape index (κ1) is 10.5. The third-order valence-corrected chi connectivity index (χ3v) is 3.23.